The summed E-state index contributed by atoms with van der Waals surface area (Å²) in [6.07, 6.45) is -2.54. The smallest absolute Gasteiger partial charge is 0.385 e. The maximum atomic E-state index is 12.5. The number of alkyl halides is 3. The highest BCUT2D eigenvalue weighted by molar-refractivity contribution is 5.53. The number of methoxy groups -OCH3 is 1. The van der Waals surface area contributed by atoms with Crippen molar-refractivity contribution in [1.29, 1.82) is 0 Å². The Bertz CT molecular complexity index is 377. The molecule has 2 nitrogen and oxygen atoms in total. The molecular weight excluding hydrogens is 243 g/mol. The molecule has 0 saturated carbocycles. The van der Waals surface area contributed by atoms with Crippen molar-refractivity contribution in [1.82, 2.24) is 0 Å². The zero-order valence-electron chi connectivity index (χ0n) is 10.6. The van der Waals surface area contributed by atoms with Crippen molar-refractivity contribution < 1.29 is 17.9 Å². The minimum Gasteiger partial charge on any atom is -0.385 e. The zero-order valence-corrected chi connectivity index (χ0v) is 10.6. The van der Waals surface area contributed by atoms with Crippen molar-refractivity contribution in [2.75, 3.05) is 25.6 Å². The van der Waals surface area contributed by atoms with Gasteiger partial charge in [-0.1, -0.05) is 6.07 Å². The molecule has 0 aliphatic rings. The fraction of sp³-hybridized carbons (Fsp3) is 0.538. The summed E-state index contributed by atoms with van der Waals surface area (Å²) in [6.45, 7) is 3.10. The number of benzene rings is 1. The number of hydrogen-bond acceptors (Lipinski definition) is 2. The Kier molecular flexibility index (Phi) is 5.47. The Hall–Kier alpha value is -1.23. The molecule has 0 unspecified atom stereocenters. The lowest BCUT2D eigenvalue weighted by molar-refractivity contribution is -0.137. The van der Waals surface area contributed by atoms with E-state index in [1.165, 1.54) is 6.07 Å². The lowest BCUT2D eigenvalue weighted by Gasteiger charge is -2.13. The van der Waals surface area contributed by atoms with Gasteiger partial charge in [-0.15, -0.1) is 0 Å². The molecule has 0 heterocycles. The topological polar surface area (TPSA) is 21.3 Å². The van der Waals surface area contributed by atoms with Crippen LogP contribution in [0.4, 0.5) is 18.9 Å². The van der Waals surface area contributed by atoms with Gasteiger partial charge in [0, 0.05) is 25.9 Å². The highest BCUT2D eigenvalue weighted by atomic mass is 19.4. The molecule has 0 fully saturated rings. The Morgan fingerprint density at radius 1 is 1.22 bits per heavy atom. The van der Waals surface area contributed by atoms with Crippen LogP contribution in [-0.2, 0) is 10.9 Å². The van der Waals surface area contributed by atoms with Crippen molar-refractivity contribution in [3.63, 3.8) is 0 Å². The van der Waals surface area contributed by atoms with Gasteiger partial charge in [-0.2, -0.15) is 13.2 Å². The second-order valence-corrected chi connectivity index (χ2v) is 4.15. The van der Waals surface area contributed by atoms with E-state index in [9.17, 15) is 13.2 Å². The van der Waals surface area contributed by atoms with Crippen LogP contribution in [0.5, 0.6) is 0 Å². The predicted molar refractivity (Wildman–Crippen MR) is 65.8 cm³/mol. The van der Waals surface area contributed by atoms with Crippen LogP contribution in [0.2, 0.25) is 0 Å². The number of nitrogens with one attached hydrogen (secondary N) is 1. The van der Waals surface area contributed by atoms with Crippen LogP contribution in [0.1, 0.15) is 24.0 Å². The van der Waals surface area contributed by atoms with E-state index in [-0.39, 0.29) is 0 Å². The summed E-state index contributed by atoms with van der Waals surface area (Å²) in [5, 5.41) is 3.03. The third-order valence-electron chi connectivity index (χ3n) is 2.66. The molecule has 5 heteroatoms. The number of anilines is 1. The van der Waals surface area contributed by atoms with E-state index in [0.29, 0.717) is 18.8 Å². The van der Waals surface area contributed by atoms with Crippen LogP contribution < -0.4 is 5.32 Å². The van der Waals surface area contributed by atoms with Gasteiger partial charge in [-0.25, -0.2) is 0 Å². The molecule has 18 heavy (non-hydrogen) atoms. The molecular formula is C13H18F3NO. The van der Waals surface area contributed by atoms with Crippen LogP contribution in [0.25, 0.3) is 0 Å². The molecule has 0 radical (unpaired) electrons. The third kappa shape index (κ3) is 4.56. The predicted octanol–water partition coefficient (Wildman–Crippen LogP) is 3.85. The van der Waals surface area contributed by atoms with Gasteiger partial charge in [-0.05, 0) is 37.5 Å². The first kappa shape index (κ1) is 14.8. The van der Waals surface area contributed by atoms with Crippen LogP contribution in [0.3, 0.4) is 0 Å². The average molecular weight is 261 g/mol. The first-order valence-electron chi connectivity index (χ1n) is 5.86. The van der Waals surface area contributed by atoms with E-state index in [4.69, 9.17) is 4.74 Å². The van der Waals surface area contributed by atoms with Gasteiger partial charge in [0.1, 0.15) is 0 Å². The number of rotatable bonds is 6. The van der Waals surface area contributed by atoms with Gasteiger partial charge in [0.2, 0.25) is 0 Å². The molecule has 1 aromatic rings. The highest BCUT2D eigenvalue weighted by Crippen LogP contribution is 2.31. The Morgan fingerprint density at radius 2 is 1.94 bits per heavy atom. The number of ether oxygens (including phenoxy) is 1. The van der Waals surface area contributed by atoms with Crippen molar-refractivity contribution in [3.05, 3.63) is 29.3 Å². The van der Waals surface area contributed by atoms with Crippen molar-refractivity contribution in [2.45, 2.75) is 25.9 Å². The van der Waals surface area contributed by atoms with Crippen LogP contribution in [0, 0.1) is 6.92 Å². The average Bonchev–Trinajstić information content (AvgIpc) is 2.29. The first-order valence-corrected chi connectivity index (χ1v) is 5.86. The summed E-state index contributed by atoms with van der Waals surface area (Å²) in [5.41, 5.74) is 0.740. The van der Waals surface area contributed by atoms with Crippen LogP contribution in [-0.4, -0.2) is 20.3 Å². The molecule has 0 amide bonds. The molecule has 0 saturated heterocycles. The summed E-state index contributed by atoms with van der Waals surface area (Å²) in [6, 6.07) is 3.75. The van der Waals surface area contributed by atoms with E-state index in [1.807, 2.05) is 0 Å². The Morgan fingerprint density at radius 3 is 2.56 bits per heavy atom. The number of aryl methyl sites for hydroxylation is 1. The molecule has 0 aliphatic carbocycles. The molecule has 102 valence electrons. The molecule has 0 atom stereocenters. The van der Waals surface area contributed by atoms with Gasteiger partial charge in [-0.3, -0.25) is 0 Å². The van der Waals surface area contributed by atoms with Crippen molar-refractivity contribution in [2.24, 2.45) is 0 Å². The van der Waals surface area contributed by atoms with Crippen LogP contribution in [0.15, 0.2) is 18.2 Å². The SMILES string of the molecule is COCCCCNc1cc(C(F)(F)F)ccc1C. The molecule has 1 rings (SSSR count). The summed E-state index contributed by atoms with van der Waals surface area (Å²) in [5.74, 6) is 0. The fourth-order valence-corrected chi connectivity index (χ4v) is 1.58. The maximum absolute atomic E-state index is 12.5. The van der Waals surface area contributed by atoms with E-state index >= 15 is 0 Å². The number of unbranched alkanes of at least 4 members (excludes halogenated alkanes) is 1. The first-order chi connectivity index (χ1) is 8.45. The Labute approximate surface area is 105 Å². The normalized spacial score (nSPS) is 11.6. The second kappa shape index (κ2) is 6.64. The summed E-state index contributed by atoms with van der Waals surface area (Å²) in [7, 11) is 1.63. The van der Waals surface area contributed by atoms with Gasteiger partial charge in [0.05, 0.1) is 5.56 Å². The zero-order chi connectivity index (χ0) is 13.6. The standard InChI is InChI=1S/C13H18F3NO/c1-10-5-6-11(13(14,15)16)9-12(10)17-7-3-4-8-18-2/h5-6,9,17H,3-4,7-8H2,1-2H3. The number of halogens is 3. The van der Waals surface area contributed by atoms with Gasteiger partial charge in [0.25, 0.3) is 0 Å². The quantitative estimate of drug-likeness (QED) is 0.785. The van der Waals surface area contributed by atoms with Crippen LogP contribution >= 0.6 is 0 Å². The maximum Gasteiger partial charge on any atom is 0.416 e. The van der Waals surface area contributed by atoms with Gasteiger partial charge >= 0.3 is 6.18 Å². The third-order valence-corrected chi connectivity index (χ3v) is 2.66. The van der Waals surface area contributed by atoms with Crippen molar-refractivity contribution in [3.8, 4) is 0 Å². The summed E-state index contributed by atoms with van der Waals surface area (Å²) >= 11 is 0. The van der Waals surface area contributed by atoms with E-state index < -0.39 is 11.7 Å². The fourth-order valence-electron chi connectivity index (χ4n) is 1.58. The molecule has 0 aromatic heterocycles. The van der Waals surface area contributed by atoms with Gasteiger partial charge in [0.15, 0.2) is 0 Å². The lowest BCUT2D eigenvalue weighted by Crippen LogP contribution is -2.08. The minimum absolute atomic E-state index is 0.544. The number of hydrogen-bond donors (Lipinski definition) is 1. The molecule has 0 aliphatic heterocycles. The van der Waals surface area contributed by atoms with E-state index in [1.54, 1.807) is 14.0 Å². The summed E-state index contributed by atoms with van der Waals surface area (Å²) < 4.78 is 42.5. The molecule has 1 aromatic carbocycles. The Balaban J connectivity index is 2.59. The highest BCUT2D eigenvalue weighted by Gasteiger charge is 2.30. The monoisotopic (exact) mass is 261 g/mol. The lowest BCUT2D eigenvalue weighted by atomic mass is 10.1. The molecule has 0 spiro atoms. The minimum atomic E-state index is -4.29. The second-order valence-electron chi connectivity index (χ2n) is 4.15. The molecule has 0 bridgehead atoms. The van der Waals surface area contributed by atoms with E-state index in [0.717, 1.165) is 30.5 Å². The molecule has 1 N–H and O–H groups in total. The summed E-state index contributed by atoms with van der Waals surface area (Å²) in [4.78, 5) is 0. The van der Waals surface area contributed by atoms with E-state index in [2.05, 4.69) is 5.32 Å². The van der Waals surface area contributed by atoms with Crippen molar-refractivity contribution >= 4 is 5.69 Å². The largest absolute Gasteiger partial charge is 0.416 e. The van der Waals surface area contributed by atoms with Gasteiger partial charge < -0.3 is 10.1 Å².